The highest BCUT2D eigenvalue weighted by Gasteiger charge is 2.35. The number of aromatic nitrogens is 2. The number of carbonyl (C=O) groups excluding carboxylic acids is 1. The standard InChI is InChI=1S/C22H24N4O4S2/c1-14-4-2-6-25-18(14)23-19(24-7-10-29-11-8-24)16(20(25)27)12-17-21(28)26(22(31)32-17)13-15-5-3-9-30-15/h2,4,6,12,15H,3,5,7-11,13H2,1H3/b17-12-. The van der Waals surface area contributed by atoms with Crippen molar-refractivity contribution in [1.29, 1.82) is 0 Å². The van der Waals surface area contributed by atoms with Crippen LogP contribution in [0.3, 0.4) is 0 Å². The van der Waals surface area contributed by atoms with E-state index in [4.69, 9.17) is 26.7 Å². The lowest BCUT2D eigenvalue weighted by Gasteiger charge is -2.29. The highest BCUT2D eigenvalue weighted by molar-refractivity contribution is 8.26. The molecular formula is C22H24N4O4S2. The molecule has 5 rings (SSSR count). The number of aryl methyl sites for hydroxylation is 1. The Hall–Kier alpha value is -2.27. The van der Waals surface area contributed by atoms with Crippen LogP contribution < -0.4 is 10.5 Å². The van der Waals surface area contributed by atoms with E-state index in [0.29, 0.717) is 59.1 Å². The molecule has 5 heterocycles. The van der Waals surface area contributed by atoms with E-state index in [1.165, 1.54) is 16.2 Å². The number of thioether (sulfide) groups is 1. The van der Waals surface area contributed by atoms with Crippen LogP contribution in [-0.4, -0.2) is 70.1 Å². The van der Waals surface area contributed by atoms with Crippen molar-refractivity contribution in [2.75, 3.05) is 44.4 Å². The maximum atomic E-state index is 13.5. The zero-order valence-electron chi connectivity index (χ0n) is 17.8. The van der Waals surface area contributed by atoms with Crippen molar-refractivity contribution in [1.82, 2.24) is 14.3 Å². The maximum absolute atomic E-state index is 13.5. The zero-order valence-corrected chi connectivity index (χ0v) is 19.4. The van der Waals surface area contributed by atoms with E-state index in [0.717, 1.165) is 25.0 Å². The molecule has 2 aromatic rings. The average molecular weight is 473 g/mol. The lowest BCUT2D eigenvalue weighted by Crippen LogP contribution is -2.39. The number of anilines is 1. The number of carbonyl (C=O) groups is 1. The van der Waals surface area contributed by atoms with Crippen LogP contribution in [0.4, 0.5) is 5.82 Å². The second kappa shape index (κ2) is 8.93. The Morgan fingerprint density at radius 1 is 1.28 bits per heavy atom. The Kier molecular flexibility index (Phi) is 6.02. The van der Waals surface area contributed by atoms with Gasteiger partial charge in [-0.25, -0.2) is 4.98 Å². The number of pyridine rings is 1. The van der Waals surface area contributed by atoms with Gasteiger partial charge >= 0.3 is 0 Å². The van der Waals surface area contributed by atoms with Gasteiger partial charge in [0.25, 0.3) is 11.5 Å². The number of morpholine rings is 1. The van der Waals surface area contributed by atoms with Gasteiger partial charge in [-0.05, 0) is 37.5 Å². The summed E-state index contributed by atoms with van der Waals surface area (Å²) in [5.74, 6) is 0.397. The Bertz CT molecular complexity index is 1170. The fourth-order valence-electron chi connectivity index (χ4n) is 4.22. The van der Waals surface area contributed by atoms with Gasteiger partial charge in [0.2, 0.25) is 0 Å². The van der Waals surface area contributed by atoms with Gasteiger partial charge in [-0.15, -0.1) is 0 Å². The van der Waals surface area contributed by atoms with E-state index in [1.807, 2.05) is 19.1 Å². The highest BCUT2D eigenvalue weighted by atomic mass is 32.2. The molecule has 1 unspecified atom stereocenters. The quantitative estimate of drug-likeness (QED) is 0.495. The first kappa shape index (κ1) is 21.6. The lowest BCUT2D eigenvalue weighted by molar-refractivity contribution is -0.123. The van der Waals surface area contributed by atoms with Crippen molar-refractivity contribution >= 4 is 51.7 Å². The third kappa shape index (κ3) is 3.96. The minimum Gasteiger partial charge on any atom is -0.378 e. The molecule has 0 bridgehead atoms. The molecule has 1 amide bonds. The van der Waals surface area contributed by atoms with Crippen LogP contribution in [0.15, 0.2) is 28.0 Å². The predicted molar refractivity (Wildman–Crippen MR) is 128 cm³/mol. The molecule has 3 fully saturated rings. The number of ether oxygens (including phenoxy) is 2. The van der Waals surface area contributed by atoms with E-state index in [9.17, 15) is 9.59 Å². The van der Waals surface area contributed by atoms with Crippen molar-refractivity contribution < 1.29 is 14.3 Å². The number of rotatable bonds is 4. The van der Waals surface area contributed by atoms with E-state index >= 15 is 0 Å². The van der Waals surface area contributed by atoms with Gasteiger partial charge in [0, 0.05) is 25.9 Å². The summed E-state index contributed by atoms with van der Waals surface area (Å²) in [4.78, 5) is 35.6. The van der Waals surface area contributed by atoms with Crippen LogP contribution in [0.5, 0.6) is 0 Å². The van der Waals surface area contributed by atoms with Crippen LogP contribution in [0.1, 0.15) is 24.0 Å². The Morgan fingerprint density at radius 2 is 2.09 bits per heavy atom. The summed E-state index contributed by atoms with van der Waals surface area (Å²) in [7, 11) is 0. The SMILES string of the molecule is Cc1cccn2c(=O)c(/C=C3\SC(=S)N(CC4CCCO4)C3=O)c(N3CCOCC3)nc12. The number of fused-ring (bicyclic) bond motifs is 1. The van der Waals surface area contributed by atoms with Crippen molar-refractivity contribution in [2.45, 2.75) is 25.9 Å². The molecule has 168 valence electrons. The van der Waals surface area contributed by atoms with Crippen LogP contribution in [0, 0.1) is 6.92 Å². The summed E-state index contributed by atoms with van der Waals surface area (Å²) in [6.07, 6.45) is 5.30. The molecule has 10 heteroatoms. The minimum absolute atomic E-state index is 0.0108. The van der Waals surface area contributed by atoms with E-state index in [2.05, 4.69) is 4.90 Å². The maximum Gasteiger partial charge on any atom is 0.267 e. The molecule has 3 aliphatic rings. The zero-order chi connectivity index (χ0) is 22.2. The van der Waals surface area contributed by atoms with E-state index in [-0.39, 0.29) is 17.6 Å². The first-order valence-corrected chi connectivity index (χ1v) is 12.0. The number of amides is 1. The monoisotopic (exact) mass is 472 g/mol. The largest absolute Gasteiger partial charge is 0.378 e. The Morgan fingerprint density at radius 3 is 2.84 bits per heavy atom. The topological polar surface area (TPSA) is 76.4 Å². The Balaban J connectivity index is 1.57. The summed E-state index contributed by atoms with van der Waals surface area (Å²) in [5.41, 5.74) is 1.72. The summed E-state index contributed by atoms with van der Waals surface area (Å²) in [5, 5.41) is 0. The Labute approximate surface area is 195 Å². The second-order valence-electron chi connectivity index (χ2n) is 8.07. The van der Waals surface area contributed by atoms with Gasteiger partial charge in [0.15, 0.2) is 0 Å². The van der Waals surface area contributed by atoms with Crippen molar-refractivity contribution in [3.05, 3.63) is 44.7 Å². The van der Waals surface area contributed by atoms with Crippen molar-refractivity contribution in [3.63, 3.8) is 0 Å². The first-order valence-electron chi connectivity index (χ1n) is 10.7. The lowest BCUT2D eigenvalue weighted by atomic mass is 10.2. The molecule has 1 atom stereocenters. The summed E-state index contributed by atoms with van der Waals surface area (Å²) < 4.78 is 13.2. The number of nitrogens with zero attached hydrogens (tertiary/aromatic N) is 4. The molecule has 2 aromatic heterocycles. The van der Waals surface area contributed by atoms with Crippen LogP contribution in [0.2, 0.25) is 0 Å². The van der Waals surface area contributed by atoms with Gasteiger partial charge in [-0.2, -0.15) is 0 Å². The molecule has 3 aliphatic heterocycles. The third-order valence-electron chi connectivity index (χ3n) is 5.93. The van der Waals surface area contributed by atoms with Crippen LogP contribution in [0.25, 0.3) is 11.7 Å². The van der Waals surface area contributed by atoms with Crippen LogP contribution in [-0.2, 0) is 14.3 Å². The smallest absolute Gasteiger partial charge is 0.267 e. The predicted octanol–water partition coefficient (Wildman–Crippen LogP) is 2.22. The molecule has 0 spiro atoms. The van der Waals surface area contributed by atoms with Gasteiger partial charge in [-0.1, -0.05) is 30.0 Å². The second-order valence-corrected chi connectivity index (χ2v) is 9.74. The van der Waals surface area contributed by atoms with Crippen molar-refractivity contribution in [2.24, 2.45) is 0 Å². The number of hydrogen-bond acceptors (Lipinski definition) is 8. The van der Waals surface area contributed by atoms with Gasteiger partial charge in [0.05, 0.1) is 36.3 Å². The molecular weight excluding hydrogens is 448 g/mol. The number of hydrogen-bond donors (Lipinski definition) is 0. The minimum atomic E-state index is -0.204. The highest BCUT2D eigenvalue weighted by Crippen LogP contribution is 2.34. The van der Waals surface area contributed by atoms with Gasteiger partial charge < -0.3 is 14.4 Å². The molecule has 0 aromatic carbocycles. The fraction of sp³-hybridized carbons (Fsp3) is 0.455. The average Bonchev–Trinajstić information content (AvgIpc) is 3.41. The molecule has 8 nitrogen and oxygen atoms in total. The summed E-state index contributed by atoms with van der Waals surface area (Å²) in [6, 6.07) is 3.76. The third-order valence-corrected chi connectivity index (χ3v) is 7.31. The van der Waals surface area contributed by atoms with Crippen LogP contribution >= 0.6 is 24.0 Å². The molecule has 3 saturated heterocycles. The molecule has 0 radical (unpaired) electrons. The molecule has 0 saturated carbocycles. The summed E-state index contributed by atoms with van der Waals surface area (Å²) in [6.45, 7) is 5.50. The molecule has 32 heavy (non-hydrogen) atoms. The molecule has 0 N–H and O–H groups in total. The first-order chi connectivity index (χ1) is 15.5. The van der Waals surface area contributed by atoms with E-state index in [1.54, 1.807) is 17.2 Å². The fourth-order valence-corrected chi connectivity index (χ4v) is 5.48. The summed E-state index contributed by atoms with van der Waals surface area (Å²) >= 11 is 6.70. The van der Waals surface area contributed by atoms with Gasteiger partial charge in [-0.3, -0.25) is 18.9 Å². The van der Waals surface area contributed by atoms with Crippen molar-refractivity contribution in [3.8, 4) is 0 Å². The number of thiocarbonyl (C=S) groups is 1. The molecule has 0 aliphatic carbocycles. The van der Waals surface area contributed by atoms with Gasteiger partial charge in [0.1, 0.15) is 15.8 Å². The van der Waals surface area contributed by atoms with E-state index < -0.39 is 0 Å². The normalized spacial score (nSPS) is 23.2.